The first-order valence-electron chi connectivity index (χ1n) is 4.87. The first-order chi connectivity index (χ1) is 6.77. The van der Waals surface area contributed by atoms with E-state index in [1.165, 1.54) is 17.7 Å². The summed E-state index contributed by atoms with van der Waals surface area (Å²) in [5.74, 6) is 0.310. The lowest BCUT2D eigenvalue weighted by Gasteiger charge is -2.21. The molecule has 4 heteroatoms. The second kappa shape index (κ2) is 4.11. The zero-order valence-corrected chi connectivity index (χ0v) is 8.77. The van der Waals surface area contributed by atoms with Crippen LogP contribution in [0.4, 0.5) is 0 Å². The largest absolute Gasteiger partial charge is 0.365 e. The highest BCUT2D eigenvalue weighted by molar-refractivity contribution is 7.14. The maximum absolute atomic E-state index is 10.9. The fourth-order valence-corrected chi connectivity index (χ4v) is 2.84. The van der Waals surface area contributed by atoms with Gasteiger partial charge in [0.2, 0.25) is 0 Å². The Labute approximate surface area is 87.3 Å². The molecule has 0 aliphatic carbocycles. The van der Waals surface area contributed by atoms with Crippen molar-refractivity contribution in [3.05, 3.63) is 21.9 Å². The van der Waals surface area contributed by atoms with Crippen LogP contribution >= 0.6 is 11.3 Å². The van der Waals surface area contributed by atoms with Gasteiger partial charge in [-0.05, 0) is 44.0 Å². The van der Waals surface area contributed by atoms with Crippen LogP contribution in [0.2, 0.25) is 0 Å². The molecule has 0 aromatic carbocycles. The maximum atomic E-state index is 10.9. The van der Waals surface area contributed by atoms with Gasteiger partial charge in [-0.2, -0.15) is 0 Å². The lowest BCUT2D eigenvalue weighted by atomic mass is 9.97. The predicted octanol–water partition coefficient (Wildman–Crippen LogP) is 1.31. The molecule has 1 aliphatic rings. The number of thiophene rings is 1. The third-order valence-corrected chi connectivity index (χ3v) is 3.87. The molecule has 2 rings (SSSR count). The Morgan fingerprint density at radius 3 is 2.71 bits per heavy atom. The van der Waals surface area contributed by atoms with Crippen molar-refractivity contribution in [1.29, 1.82) is 0 Å². The van der Waals surface area contributed by atoms with Crippen LogP contribution in [-0.4, -0.2) is 19.0 Å². The van der Waals surface area contributed by atoms with Gasteiger partial charge < -0.3 is 11.1 Å². The van der Waals surface area contributed by atoms with Crippen LogP contribution in [0.5, 0.6) is 0 Å². The van der Waals surface area contributed by atoms with Crippen LogP contribution in [0, 0.1) is 0 Å². The number of nitrogens with two attached hydrogens (primary N) is 1. The molecule has 14 heavy (non-hydrogen) atoms. The molecule has 2 heterocycles. The third-order valence-electron chi connectivity index (χ3n) is 2.61. The Hall–Kier alpha value is -0.870. The number of primary amides is 1. The van der Waals surface area contributed by atoms with Crippen molar-refractivity contribution in [3.8, 4) is 0 Å². The van der Waals surface area contributed by atoms with E-state index >= 15 is 0 Å². The Bertz CT molecular complexity index is 329. The number of rotatable bonds is 2. The fraction of sp³-hybridized carbons (Fsp3) is 0.500. The normalized spacial score (nSPS) is 18.3. The summed E-state index contributed by atoms with van der Waals surface area (Å²) >= 11 is 1.55. The van der Waals surface area contributed by atoms with E-state index in [9.17, 15) is 4.79 Å². The van der Waals surface area contributed by atoms with E-state index in [-0.39, 0.29) is 5.91 Å². The standard InChI is InChI=1S/C10H14N2OS/c11-10(13)9-2-1-8(14-9)7-3-5-12-6-4-7/h1-2,7,12H,3-6H2,(H2,11,13). The summed E-state index contributed by atoms with van der Waals surface area (Å²) in [6, 6.07) is 3.88. The molecule has 1 amide bonds. The van der Waals surface area contributed by atoms with Crippen molar-refractivity contribution in [2.75, 3.05) is 13.1 Å². The van der Waals surface area contributed by atoms with Crippen molar-refractivity contribution in [1.82, 2.24) is 5.32 Å². The summed E-state index contributed by atoms with van der Waals surface area (Å²) in [5, 5.41) is 3.33. The lowest BCUT2D eigenvalue weighted by Crippen LogP contribution is -2.26. The molecule has 1 aliphatic heterocycles. The van der Waals surface area contributed by atoms with Gasteiger partial charge in [-0.25, -0.2) is 0 Å². The Morgan fingerprint density at radius 1 is 1.43 bits per heavy atom. The van der Waals surface area contributed by atoms with E-state index in [0.717, 1.165) is 13.1 Å². The molecule has 3 nitrogen and oxygen atoms in total. The highest BCUT2D eigenvalue weighted by Crippen LogP contribution is 2.30. The molecule has 0 saturated carbocycles. The molecule has 1 aromatic rings. The second-order valence-electron chi connectivity index (χ2n) is 3.59. The van der Waals surface area contributed by atoms with E-state index in [1.807, 2.05) is 12.1 Å². The molecule has 0 atom stereocenters. The average Bonchev–Trinajstić information content (AvgIpc) is 2.68. The van der Waals surface area contributed by atoms with E-state index in [1.54, 1.807) is 11.3 Å². The molecule has 76 valence electrons. The van der Waals surface area contributed by atoms with Crippen molar-refractivity contribution < 1.29 is 4.79 Å². The maximum Gasteiger partial charge on any atom is 0.258 e. The van der Waals surface area contributed by atoms with Gasteiger partial charge in [-0.3, -0.25) is 4.79 Å². The minimum Gasteiger partial charge on any atom is -0.365 e. The quantitative estimate of drug-likeness (QED) is 0.773. The van der Waals surface area contributed by atoms with Crippen LogP contribution in [0.1, 0.15) is 33.3 Å². The Morgan fingerprint density at radius 2 is 2.14 bits per heavy atom. The van der Waals surface area contributed by atoms with Crippen molar-refractivity contribution in [2.45, 2.75) is 18.8 Å². The van der Waals surface area contributed by atoms with Crippen LogP contribution in [-0.2, 0) is 0 Å². The zero-order valence-electron chi connectivity index (χ0n) is 7.95. The Kier molecular flexibility index (Phi) is 2.84. The molecular formula is C10H14N2OS. The summed E-state index contributed by atoms with van der Waals surface area (Å²) in [5.41, 5.74) is 5.22. The number of nitrogens with one attached hydrogen (secondary N) is 1. The average molecular weight is 210 g/mol. The van der Waals surface area contributed by atoms with Crippen molar-refractivity contribution in [2.24, 2.45) is 5.73 Å². The van der Waals surface area contributed by atoms with E-state index in [0.29, 0.717) is 10.8 Å². The van der Waals surface area contributed by atoms with Gasteiger partial charge in [0.25, 0.3) is 5.91 Å². The van der Waals surface area contributed by atoms with Gasteiger partial charge in [0, 0.05) is 4.88 Å². The first kappa shape index (κ1) is 9.68. The Balaban J connectivity index is 2.11. The minimum atomic E-state index is -0.310. The molecule has 0 unspecified atom stereocenters. The van der Waals surface area contributed by atoms with E-state index in [4.69, 9.17) is 5.73 Å². The van der Waals surface area contributed by atoms with Gasteiger partial charge in [-0.1, -0.05) is 0 Å². The zero-order chi connectivity index (χ0) is 9.97. The highest BCUT2D eigenvalue weighted by Gasteiger charge is 2.17. The van der Waals surface area contributed by atoms with Crippen LogP contribution in [0.25, 0.3) is 0 Å². The number of amides is 1. The predicted molar refractivity (Wildman–Crippen MR) is 57.7 cm³/mol. The fourth-order valence-electron chi connectivity index (χ4n) is 1.81. The summed E-state index contributed by atoms with van der Waals surface area (Å²) in [7, 11) is 0. The summed E-state index contributed by atoms with van der Waals surface area (Å²) in [6.07, 6.45) is 2.33. The van der Waals surface area contributed by atoms with Crippen molar-refractivity contribution in [3.63, 3.8) is 0 Å². The number of hydrogen-bond acceptors (Lipinski definition) is 3. The monoisotopic (exact) mass is 210 g/mol. The van der Waals surface area contributed by atoms with Crippen LogP contribution in [0.3, 0.4) is 0 Å². The van der Waals surface area contributed by atoms with Gasteiger partial charge in [-0.15, -0.1) is 11.3 Å². The molecule has 0 spiro atoms. The minimum absolute atomic E-state index is 0.310. The van der Waals surface area contributed by atoms with Gasteiger partial charge in [0.05, 0.1) is 4.88 Å². The molecule has 1 aromatic heterocycles. The molecule has 1 saturated heterocycles. The van der Waals surface area contributed by atoms with Crippen LogP contribution in [0.15, 0.2) is 12.1 Å². The number of carbonyl (C=O) groups excluding carboxylic acids is 1. The molecule has 3 N–H and O–H groups in total. The van der Waals surface area contributed by atoms with Crippen molar-refractivity contribution >= 4 is 17.2 Å². The number of hydrogen-bond donors (Lipinski definition) is 2. The SMILES string of the molecule is NC(=O)c1ccc(C2CCNCC2)s1. The second-order valence-corrected chi connectivity index (χ2v) is 4.71. The van der Waals surface area contributed by atoms with Crippen LogP contribution < -0.4 is 11.1 Å². The third kappa shape index (κ3) is 1.96. The molecule has 0 radical (unpaired) electrons. The lowest BCUT2D eigenvalue weighted by molar-refractivity contribution is 0.100. The topological polar surface area (TPSA) is 55.1 Å². The molecule has 0 bridgehead atoms. The van der Waals surface area contributed by atoms with E-state index in [2.05, 4.69) is 5.32 Å². The first-order valence-corrected chi connectivity index (χ1v) is 5.69. The number of piperidine rings is 1. The smallest absolute Gasteiger partial charge is 0.258 e. The van der Waals surface area contributed by atoms with Gasteiger partial charge in [0.1, 0.15) is 0 Å². The van der Waals surface area contributed by atoms with E-state index < -0.39 is 0 Å². The molecular weight excluding hydrogens is 196 g/mol. The molecule has 1 fully saturated rings. The van der Waals surface area contributed by atoms with Gasteiger partial charge >= 0.3 is 0 Å². The summed E-state index contributed by atoms with van der Waals surface area (Å²) in [4.78, 5) is 12.9. The van der Waals surface area contributed by atoms with Gasteiger partial charge in [0.15, 0.2) is 0 Å². The number of carbonyl (C=O) groups is 1. The summed E-state index contributed by atoms with van der Waals surface area (Å²) < 4.78 is 0. The highest BCUT2D eigenvalue weighted by atomic mass is 32.1. The summed E-state index contributed by atoms with van der Waals surface area (Å²) in [6.45, 7) is 2.16.